The second-order valence-electron chi connectivity index (χ2n) is 9.21. The van der Waals surface area contributed by atoms with Crippen molar-refractivity contribution in [3.05, 3.63) is 29.8 Å². The summed E-state index contributed by atoms with van der Waals surface area (Å²) in [6.07, 6.45) is 0.375. The Kier molecular flexibility index (Phi) is 5.87. The first-order valence-corrected chi connectivity index (χ1v) is 10.3. The van der Waals surface area contributed by atoms with E-state index < -0.39 is 35.4 Å². The fraction of sp³-hybridized carbons (Fsp3) is 0.545. The van der Waals surface area contributed by atoms with Crippen LogP contribution in [0.4, 0.5) is 10.5 Å². The van der Waals surface area contributed by atoms with Crippen LogP contribution in [0.5, 0.6) is 0 Å². The molecule has 0 spiro atoms. The van der Waals surface area contributed by atoms with Gasteiger partial charge in [-0.3, -0.25) is 14.4 Å². The van der Waals surface area contributed by atoms with Crippen LogP contribution in [0.3, 0.4) is 0 Å². The first-order valence-electron chi connectivity index (χ1n) is 10.3. The average molecular weight is 415 g/mol. The third-order valence-corrected chi connectivity index (χ3v) is 5.78. The van der Waals surface area contributed by atoms with Crippen molar-refractivity contribution in [2.45, 2.75) is 65.0 Å². The largest absolute Gasteiger partial charge is 0.481 e. The Bertz CT molecular complexity index is 862. The van der Waals surface area contributed by atoms with Crippen molar-refractivity contribution in [3.8, 4) is 0 Å². The van der Waals surface area contributed by atoms with E-state index in [2.05, 4.69) is 19.2 Å². The molecule has 0 saturated carbocycles. The third-order valence-electron chi connectivity index (χ3n) is 5.78. The van der Waals surface area contributed by atoms with Gasteiger partial charge in [-0.25, -0.2) is 9.69 Å². The lowest BCUT2D eigenvalue weighted by atomic mass is 9.85. The molecule has 0 unspecified atom stereocenters. The van der Waals surface area contributed by atoms with Gasteiger partial charge in [0, 0.05) is 13.0 Å². The number of hydrogen-bond acceptors (Lipinski definition) is 4. The number of fused-ring (bicyclic) bond motifs is 1. The zero-order valence-electron chi connectivity index (χ0n) is 17.8. The molecule has 1 aromatic rings. The van der Waals surface area contributed by atoms with Gasteiger partial charge in [-0.2, -0.15) is 0 Å². The van der Waals surface area contributed by atoms with Crippen LogP contribution in [0.1, 0.15) is 58.4 Å². The maximum atomic E-state index is 13.3. The van der Waals surface area contributed by atoms with Crippen molar-refractivity contribution in [1.29, 1.82) is 0 Å². The van der Waals surface area contributed by atoms with Crippen LogP contribution in [-0.2, 0) is 14.4 Å². The minimum Gasteiger partial charge on any atom is -0.481 e. The number of carbonyl (C=O) groups excluding carboxylic acids is 3. The predicted octanol–water partition coefficient (Wildman–Crippen LogP) is 2.73. The summed E-state index contributed by atoms with van der Waals surface area (Å²) in [4.78, 5) is 52.5. The predicted molar refractivity (Wildman–Crippen MR) is 111 cm³/mol. The monoisotopic (exact) mass is 415 g/mol. The number of hydrogen-bond donors (Lipinski definition) is 2. The second-order valence-corrected chi connectivity index (χ2v) is 9.21. The molecule has 1 aromatic carbocycles. The quantitative estimate of drug-likeness (QED) is 0.743. The molecule has 0 aliphatic carbocycles. The van der Waals surface area contributed by atoms with Crippen molar-refractivity contribution >= 4 is 29.5 Å². The first kappa shape index (κ1) is 21.8. The summed E-state index contributed by atoms with van der Waals surface area (Å²) in [5.41, 5.74) is 0.833. The topological polar surface area (TPSA) is 107 Å². The number of rotatable bonds is 6. The van der Waals surface area contributed by atoms with Crippen LogP contribution < -0.4 is 10.2 Å². The molecule has 0 aromatic heterocycles. The third kappa shape index (κ3) is 4.32. The summed E-state index contributed by atoms with van der Waals surface area (Å²) in [7, 11) is 0. The molecular formula is C22H29N3O5. The van der Waals surface area contributed by atoms with E-state index in [1.54, 1.807) is 26.0 Å². The lowest BCUT2D eigenvalue weighted by Gasteiger charge is -2.37. The SMILES string of the molecule is CC(C)c1ccc(N2C(=O)N[C@@H]3CCN(C(=O)CC(C)(C)CC(=O)O)[C@H]3C2=O)cc1. The lowest BCUT2D eigenvalue weighted by molar-refractivity contribution is -0.143. The summed E-state index contributed by atoms with van der Waals surface area (Å²) in [6.45, 7) is 7.92. The number of nitrogens with one attached hydrogen (secondary N) is 1. The van der Waals surface area contributed by atoms with Crippen LogP contribution in [0.15, 0.2) is 24.3 Å². The molecule has 2 saturated heterocycles. The number of imide groups is 1. The van der Waals surface area contributed by atoms with E-state index in [0.29, 0.717) is 24.6 Å². The Labute approximate surface area is 176 Å². The molecule has 162 valence electrons. The fourth-order valence-corrected chi connectivity index (χ4v) is 4.22. The second kappa shape index (κ2) is 8.08. The molecule has 2 N–H and O–H groups in total. The number of urea groups is 1. The van der Waals surface area contributed by atoms with Gasteiger partial charge in [-0.15, -0.1) is 0 Å². The number of benzene rings is 1. The van der Waals surface area contributed by atoms with Crippen LogP contribution in [-0.4, -0.2) is 52.4 Å². The highest BCUT2D eigenvalue weighted by atomic mass is 16.4. The summed E-state index contributed by atoms with van der Waals surface area (Å²) in [6, 6.07) is 5.56. The highest BCUT2D eigenvalue weighted by Gasteiger charge is 2.50. The molecule has 0 radical (unpaired) electrons. The number of amides is 4. The molecule has 2 heterocycles. The van der Waals surface area contributed by atoms with Crippen molar-refractivity contribution in [1.82, 2.24) is 10.2 Å². The molecule has 4 amide bonds. The van der Waals surface area contributed by atoms with Gasteiger partial charge in [-0.1, -0.05) is 39.8 Å². The molecule has 3 rings (SSSR count). The summed E-state index contributed by atoms with van der Waals surface area (Å²) >= 11 is 0. The van der Waals surface area contributed by atoms with Gasteiger partial charge in [0.1, 0.15) is 6.04 Å². The molecule has 0 bridgehead atoms. The smallest absolute Gasteiger partial charge is 0.329 e. The van der Waals surface area contributed by atoms with E-state index in [-0.39, 0.29) is 18.7 Å². The Morgan fingerprint density at radius 3 is 2.37 bits per heavy atom. The molecule has 2 aliphatic rings. The summed E-state index contributed by atoms with van der Waals surface area (Å²) in [5.74, 6) is -1.34. The highest BCUT2D eigenvalue weighted by Crippen LogP contribution is 2.32. The van der Waals surface area contributed by atoms with E-state index >= 15 is 0 Å². The molecule has 8 nitrogen and oxygen atoms in total. The van der Waals surface area contributed by atoms with Crippen LogP contribution in [0, 0.1) is 5.41 Å². The minimum atomic E-state index is -0.968. The first-order chi connectivity index (χ1) is 14.0. The highest BCUT2D eigenvalue weighted by molar-refractivity contribution is 6.19. The van der Waals surface area contributed by atoms with Crippen LogP contribution >= 0.6 is 0 Å². The number of carboxylic acids is 1. The standard InChI is InChI=1S/C22H29N3O5/c1-13(2)14-5-7-15(8-6-14)25-20(29)19-16(23-21(25)30)9-10-24(19)17(26)11-22(3,4)12-18(27)28/h5-8,13,16,19H,9-12H2,1-4H3,(H,23,30)(H,27,28)/t16-,19-/m1/s1. The number of nitrogens with zero attached hydrogens (tertiary/aromatic N) is 2. The molecule has 8 heteroatoms. The van der Waals surface area contributed by atoms with Crippen molar-refractivity contribution < 1.29 is 24.3 Å². The molecule has 2 aliphatic heterocycles. The average Bonchev–Trinajstić information content (AvgIpc) is 3.04. The Hall–Kier alpha value is -2.90. The van der Waals surface area contributed by atoms with Crippen molar-refractivity contribution in [2.24, 2.45) is 5.41 Å². The van der Waals surface area contributed by atoms with Gasteiger partial charge in [0.05, 0.1) is 18.2 Å². The van der Waals surface area contributed by atoms with Gasteiger partial charge >= 0.3 is 12.0 Å². The summed E-state index contributed by atoms with van der Waals surface area (Å²) in [5, 5.41) is 11.9. The van der Waals surface area contributed by atoms with Gasteiger partial charge in [-0.05, 0) is 35.4 Å². The Morgan fingerprint density at radius 1 is 1.17 bits per heavy atom. The Balaban J connectivity index is 1.81. The maximum absolute atomic E-state index is 13.3. The summed E-state index contributed by atoms with van der Waals surface area (Å²) < 4.78 is 0. The molecule has 30 heavy (non-hydrogen) atoms. The van der Waals surface area contributed by atoms with Crippen molar-refractivity contribution in [2.75, 3.05) is 11.4 Å². The molecule has 2 atom stereocenters. The van der Waals surface area contributed by atoms with E-state index in [1.165, 1.54) is 4.90 Å². The zero-order valence-corrected chi connectivity index (χ0v) is 17.8. The van der Waals surface area contributed by atoms with Crippen molar-refractivity contribution in [3.63, 3.8) is 0 Å². The number of aliphatic carboxylic acids is 1. The van der Waals surface area contributed by atoms with Crippen LogP contribution in [0.25, 0.3) is 0 Å². The fourth-order valence-electron chi connectivity index (χ4n) is 4.22. The number of anilines is 1. The minimum absolute atomic E-state index is 0.0207. The molecule has 2 fully saturated rings. The van der Waals surface area contributed by atoms with Gasteiger partial charge < -0.3 is 15.3 Å². The zero-order chi connectivity index (χ0) is 22.2. The molecular weight excluding hydrogens is 386 g/mol. The van der Waals surface area contributed by atoms with E-state index in [0.717, 1.165) is 10.5 Å². The van der Waals surface area contributed by atoms with E-state index in [9.17, 15) is 19.2 Å². The lowest BCUT2D eigenvalue weighted by Crippen LogP contribution is -2.65. The van der Waals surface area contributed by atoms with Crippen LogP contribution in [0.2, 0.25) is 0 Å². The maximum Gasteiger partial charge on any atom is 0.329 e. The van der Waals surface area contributed by atoms with E-state index in [1.807, 2.05) is 12.1 Å². The van der Waals surface area contributed by atoms with Gasteiger partial charge in [0.15, 0.2) is 0 Å². The number of likely N-dealkylation sites (tertiary alicyclic amines) is 1. The van der Waals surface area contributed by atoms with Gasteiger partial charge in [0.25, 0.3) is 5.91 Å². The normalized spacial score (nSPS) is 21.6. The van der Waals surface area contributed by atoms with Gasteiger partial charge in [0.2, 0.25) is 5.91 Å². The van der Waals surface area contributed by atoms with E-state index in [4.69, 9.17) is 5.11 Å². The number of carboxylic acid groups (broad SMARTS) is 1. The number of carbonyl (C=O) groups is 4. The Morgan fingerprint density at radius 2 is 1.80 bits per heavy atom.